The van der Waals surface area contributed by atoms with Gasteiger partial charge in [-0.1, -0.05) is 30.3 Å². The Morgan fingerprint density at radius 3 is 2.68 bits per heavy atom. The Labute approximate surface area is 130 Å². The van der Waals surface area contributed by atoms with E-state index in [4.69, 9.17) is 14.2 Å². The van der Waals surface area contributed by atoms with Gasteiger partial charge in [-0.3, -0.25) is 9.59 Å². The number of esters is 1. The van der Waals surface area contributed by atoms with E-state index in [1.165, 1.54) is 0 Å². The fraction of sp³-hybridized carbons (Fsp3) is 0.529. The third-order valence-electron chi connectivity index (χ3n) is 3.58. The molecule has 1 aromatic carbocycles. The van der Waals surface area contributed by atoms with Crippen molar-refractivity contribution in [3.05, 3.63) is 35.9 Å². The van der Waals surface area contributed by atoms with Gasteiger partial charge in [-0.2, -0.15) is 0 Å². The maximum Gasteiger partial charge on any atom is 0.306 e. The average molecular weight is 306 g/mol. The van der Waals surface area contributed by atoms with Gasteiger partial charge in [0.2, 0.25) is 0 Å². The third-order valence-corrected chi connectivity index (χ3v) is 3.58. The standard InChI is InChI=1S/C17H22O5/c1-4-20-15(19)10-13(12-8-6-5-7-9-12)16-14(18)11-21-17(2,3)22-16/h5-9,13,16H,4,10-11H2,1-3H3/t13-,16-/m0/s1. The van der Waals surface area contributed by atoms with Gasteiger partial charge >= 0.3 is 5.97 Å². The van der Waals surface area contributed by atoms with E-state index in [0.29, 0.717) is 6.61 Å². The second-order valence-corrected chi connectivity index (χ2v) is 5.72. The van der Waals surface area contributed by atoms with Crippen molar-refractivity contribution in [3.8, 4) is 0 Å². The third kappa shape index (κ3) is 4.15. The van der Waals surface area contributed by atoms with Crippen molar-refractivity contribution in [1.29, 1.82) is 0 Å². The van der Waals surface area contributed by atoms with Gasteiger partial charge in [-0.15, -0.1) is 0 Å². The first-order valence-corrected chi connectivity index (χ1v) is 7.48. The molecule has 1 aliphatic rings. The highest BCUT2D eigenvalue weighted by Crippen LogP contribution is 2.32. The van der Waals surface area contributed by atoms with Crippen LogP contribution in [0.1, 0.15) is 38.7 Å². The van der Waals surface area contributed by atoms with E-state index in [9.17, 15) is 9.59 Å². The van der Waals surface area contributed by atoms with Crippen molar-refractivity contribution in [2.75, 3.05) is 13.2 Å². The van der Waals surface area contributed by atoms with Crippen molar-refractivity contribution in [2.24, 2.45) is 0 Å². The largest absolute Gasteiger partial charge is 0.466 e. The zero-order valence-corrected chi connectivity index (χ0v) is 13.2. The SMILES string of the molecule is CCOC(=O)C[C@@H](c1ccccc1)[C@@H]1OC(C)(C)OCC1=O. The van der Waals surface area contributed by atoms with Gasteiger partial charge in [0.15, 0.2) is 11.6 Å². The summed E-state index contributed by atoms with van der Waals surface area (Å²) in [5.41, 5.74) is 0.881. The molecule has 2 atom stereocenters. The molecule has 1 aliphatic heterocycles. The van der Waals surface area contributed by atoms with E-state index in [-0.39, 0.29) is 30.7 Å². The number of hydrogen-bond donors (Lipinski definition) is 0. The molecular formula is C17H22O5. The van der Waals surface area contributed by atoms with Crippen LogP contribution in [0, 0.1) is 0 Å². The lowest BCUT2D eigenvalue weighted by Crippen LogP contribution is -2.49. The average Bonchev–Trinajstić information content (AvgIpc) is 2.49. The molecule has 0 aromatic heterocycles. The molecule has 1 aromatic rings. The van der Waals surface area contributed by atoms with Gasteiger partial charge in [-0.05, 0) is 26.3 Å². The summed E-state index contributed by atoms with van der Waals surface area (Å²) in [5, 5.41) is 0. The molecule has 22 heavy (non-hydrogen) atoms. The number of benzene rings is 1. The Morgan fingerprint density at radius 2 is 2.05 bits per heavy atom. The van der Waals surface area contributed by atoms with E-state index in [0.717, 1.165) is 5.56 Å². The number of carbonyl (C=O) groups excluding carboxylic acids is 2. The predicted molar refractivity (Wildman–Crippen MR) is 80.3 cm³/mol. The molecule has 2 rings (SSSR count). The van der Waals surface area contributed by atoms with Crippen molar-refractivity contribution in [3.63, 3.8) is 0 Å². The smallest absolute Gasteiger partial charge is 0.306 e. The van der Waals surface area contributed by atoms with Crippen LogP contribution in [-0.4, -0.2) is 36.9 Å². The summed E-state index contributed by atoms with van der Waals surface area (Å²) in [7, 11) is 0. The van der Waals surface area contributed by atoms with Crippen molar-refractivity contribution >= 4 is 11.8 Å². The van der Waals surface area contributed by atoms with Gasteiger partial charge in [0.25, 0.3) is 0 Å². The molecule has 1 fully saturated rings. The molecule has 1 saturated heterocycles. The first kappa shape index (κ1) is 16.6. The Morgan fingerprint density at radius 1 is 1.36 bits per heavy atom. The van der Waals surface area contributed by atoms with Crippen molar-refractivity contribution in [2.45, 2.75) is 45.0 Å². The molecule has 5 nitrogen and oxygen atoms in total. The van der Waals surface area contributed by atoms with E-state index in [2.05, 4.69) is 0 Å². The minimum atomic E-state index is -0.847. The molecule has 0 radical (unpaired) electrons. The summed E-state index contributed by atoms with van der Waals surface area (Å²) < 4.78 is 16.2. The van der Waals surface area contributed by atoms with Gasteiger partial charge < -0.3 is 14.2 Å². The first-order valence-electron chi connectivity index (χ1n) is 7.48. The lowest BCUT2D eigenvalue weighted by atomic mass is 9.87. The van der Waals surface area contributed by atoms with Crippen LogP contribution in [0.3, 0.4) is 0 Å². The van der Waals surface area contributed by atoms with Crippen LogP contribution in [0.2, 0.25) is 0 Å². The Balaban J connectivity index is 2.27. The fourth-order valence-electron chi connectivity index (χ4n) is 2.54. The number of Topliss-reactive ketones (excluding diaryl/α,β-unsaturated/α-hetero) is 1. The molecule has 0 unspecified atom stereocenters. The Kier molecular flexibility index (Phi) is 5.32. The van der Waals surface area contributed by atoms with E-state index < -0.39 is 11.9 Å². The van der Waals surface area contributed by atoms with Gasteiger partial charge in [0, 0.05) is 5.92 Å². The van der Waals surface area contributed by atoms with Crippen LogP contribution in [-0.2, 0) is 23.8 Å². The monoisotopic (exact) mass is 306 g/mol. The second kappa shape index (κ2) is 7.03. The van der Waals surface area contributed by atoms with Gasteiger partial charge in [0.05, 0.1) is 13.0 Å². The van der Waals surface area contributed by atoms with E-state index in [1.54, 1.807) is 20.8 Å². The molecule has 0 aliphatic carbocycles. The number of rotatable bonds is 5. The number of ether oxygens (including phenoxy) is 3. The first-order chi connectivity index (χ1) is 10.4. The summed E-state index contributed by atoms with van der Waals surface area (Å²) in [6.45, 7) is 5.59. The quantitative estimate of drug-likeness (QED) is 0.782. The second-order valence-electron chi connectivity index (χ2n) is 5.72. The van der Waals surface area contributed by atoms with E-state index in [1.807, 2.05) is 30.3 Å². The van der Waals surface area contributed by atoms with Crippen LogP contribution in [0.15, 0.2) is 30.3 Å². The molecule has 5 heteroatoms. The fourth-order valence-corrected chi connectivity index (χ4v) is 2.54. The van der Waals surface area contributed by atoms with E-state index >= 15 is 0 Å². The van der Waals surface area contributed by atoms with Crippen LogP contribution >= 0.6 is 0 Å². The highest BCUT2D eigenvalue weighted by Gasteiger charge is 2.41. The summed E-state index contributed by atoms with van der Waals surface area (Å²) in [4.78, 5) is 24.2. The van der Waals surface area contributed by atoms with Crippen LogP contribution in [0.4, 0.5) is 0 Å². The molecule has 120 valence electrons. The van der Waals surface area contributed by atoms with Gasteiger partial charge in [0.1, 0.15) is 12.7 Å². The Hall–Kier alpha value is -1.72. The molecular weight excluding hydrogens is 284 g/mol. The van der Waals surface area contributed by atoms with Crippen LogP contribution in [0.25, 0.3) is 0 Å². The lowest BCUT2D eigenvalue weighted by Gasteiger charge is -2.38. The van der Waals surface area contributed by atoms with Crippen LogP contribution in [0.5, 0.6) is 0 Å². The van der Waals surface area contributed by atoms with Crippen molar-refractivity contribution < 1.29 is 23.8 Å². The normalized spacial score (nSPS) is 22.1. The summed E-state index contributed by atoms with van der Waals surface area (Å²) in [6.07, 6.45) is -0.611. The molecule has 0 amide bonds. The Bertz CT molecular complexity index is 523. The van der Waals surface area contributed by atoms with Crippen molar-refractivity contribution in [1.82, 2.24) is 0 Å². The zero-order valence-electron chi connectivity index (χ0n) is 13.2. The predicted octanol–water partition coefficient (Wildman–Crippen LogP) is 2.44. The summed E-state index contributed by atoms with van der Waals surface area (Å²) in [6, 6.07) is 9.43. The summed E-state index contributed by atoms with van der Waals surface area (Å²) in [5.74, 6) is -1.72. The molecule has 0 N–H and O–H groups in total. The number of carbonyl (C=O) groups is 2. The lowest BCUT2D eigenvalue weighted by molar-refractivity contribution is -0.261. The molecule has 0 spiro atoms. The minimum Gasteiger partial charge on any atom is -0.466 e. The zero-order chi connectivity index (χ0) is 16.2. The molecule has 0 saturated carbocycles. The van der Waals surface area contributed by atoms with Crippen LogP contribution < -0.4 is 0 Å². The maximum absolute atomic E-state index is 12.2. The summed E-state index contributed by atoms with van der Waals surface area (Å²) >= 11 is 0. The highest BCUT2D eigenvalue weighted by atomic mass is 16.7. The molecule has 0 bridgehead atoms. The minimum absolute atomic E-state index is 0.0101. The number of ketones is 1. The maximum atomic E-state index is 12.2. The molecule has 1 heterocycles. The number of hydrogen-bond acceptors (Lipinski definition) is 5. The highest BCUT2D eigenvalue weighted by molar-refractivity contribution is 5.87. The topological polar surface area (TPSA) is 61.8 Å². The van der Waals surface area contributed by atoms with Gasteiger partial charge in [-0.25, -0.2) is 0 Å².